The Morgan fingerprint density at radius 2 is 0.393 bits per heavy atom. The van der Waals surface area contributed by atoms with Gasteiger partial charge in [-0.05, 0) is 0 Å². The van der Waals surface area contributed by atoms with Gasteiger partial charge in [-0.15, -0.1) is 0 Å². The van der Waals surface area contributed by atoms with Crippen LogP contribution in [0.5, 0.6) is 0 Å². The van der Waals surface area contributed by atoms with Crippen LogP contribution in [0, 0.1) is 0 Å². The molecular formula is H21B5CaNa2O20. The molecule has 0 bridgehead atoms. The molecule has 0 aliphatic rings. The molecule has 0 amide bonds. The molecule has 0 saturated carbocycles. The van der Waals surface area contributed by atoms with Gasteiger partial charge in [0, 0.05) is 0 Å². The Labute approximate surface area is 233 Å². The minimum absolute atomic E-state index is 0. The van der Waals surface area contributed by atoms with E-state index in [2.05, 4.69) is 0 Å². The molecule has 0 rings (SSSR count). The Balaban J connectivity index is -0.00000000852. The van der Waals surface area contributed by atoms with Crippen LogP contribution in [0.15, 0.2) is 0 Å². The number of rotatable bonds is 0. The van der Waals surface area contributed by atoms with E-state index in [0.717, 1.165) is 0 Å². The van der Waals surface area contributed by atoms with E-state index < -0.39 is 36.6 Å². The third-order valence-electron chi connectivity index (χ3n) is 0. The first-order valence-corrected chi connectivity index (χ1v) is 3.78. The van der Waals surface area contributed by atoms with E-state index in [1.54, 1.807) is 0 Å². The maximum absolute atomic E-state index is 8.64. The van der Waals surface area contributed by atoms with E-state index >= 15 is 0 Å². The van der Waals surface area contributed by atoms with Gasteiger partial charge < -0.3 is 103 Å². The molecule has 0 fully saturated rings. The molecule has 20 nitrogen and oxygen atoms in total. The fourth-order valence-corrected chi connectivity index (χ4v) is 0. The molecule has 0 spiro atoms. The SMILES string of the molecule is O.O.O.O.O.OB(O)O.OB(O)O.OB(O)O.[Ca+2].[Na+].[Na+].[O-]B(O)O.[O-]B([O-])[O-]. The molecule has 0 aliphatic heterocycles. The van der Waals surface area contributed by atoms with Crippen molar-refractivity contribution in [1.82, 2.24) is 0 Å². The van der Waals surface area contributed by atoms with Crippen LogP contribution >= 0.6 is 0 Å². The average Bonchev–Trinajstić information content (AvgIpc) is 1.94. The Bertz CT molecular complexity index is 93.2. The third-order valence-corrected chi connectivity index (χ3v) is 0. The van der Waals surface area contributed by atoms with Crippen molar-refractivity contribution in [3.63, 3.8) is 0 Å². The fourth-order valence-electron chi connectivity index (χ4n) is 0. The van der Waals surface area contributed by atoms with Gasteiger partial charge in [-0.3, -0.25) is 7.32 Å². The Hall–Kier alpha value is 2.78. The van der Waals surface area contributed by atoms with Gasteiger partial charge in [-0.2, -0.15) is 0 Å². The molecule has 28 heteroatoms. The van der Waals surface area contributed by atoms with Crippen molar-refractivity contribution in [2.45, 2.75) is 0 Å². The summed E-state index contributed by atoms with van der Waals surface area (Å²) in [5.41, 5.74) is 0. The van der Waals surface area contributed by atoms with Crippen LogP contribution in [0.4, 0.5) is 0 Å². The largest absolute Gasteiger partial charge is 2.00 e. The molecule has 0 aromatic rings. The zero-order valence-corrected chi connectivity index (χ0v) is 20.9. The van der Waals surface area contributed by atoms with Crippen LogP contribution < -0.4 is 79.2 Å². The van der Waals surface area contributed by atoms with Gasteiger partial charge in [0.2, 0.25) is 0 Å². The molecule has 0 saturated heterocycles. The summed E-state index contributed by atoms with van der Waals surface area (Å²) in [7, 11) is -11.8. The third kappa shape index (κ3) is 2870. The predicted octanol–water partition coefficient (Wildman–Crippen LogP) is -23.3. The Kier molecular flexibility index (Phi) is 241. The van der Waals surface area contributed by atoms with Crippen LogP contribution in [-0.2, 0) is 0 Å². The maximum atomic E-state index is 8.64. The first-order valence-electron chi connectivity index (χ1n) is 3.78. The summed E-state index contributed by atoms with van der Waals surface area (Å²) in [6.45, 7) is 0. The minimum Gasteiger partial charge on any atom is -0.907 e. The van der Waals surface area contributed by atoms with Crippen LogP contribution in [0.25, 0.3) is 0 Å². The van der Waals surface area contributed by atoms with Crippen LogP contribution in [0.1, 0.15) is 0 Å². The molecule has 0 atom stereocenters. The summed E-state index contributed by atoms with van der Waals surface area (Å²) in [6.07, 6.45) is 0. The van der Waals surface area contributed by atoms with Crippen molar-refractivity contribution in [1.29, 1.82) is 0 Å². The Morgan fingerprint density at radius 1 is 0.393 bits per heavy atom. The summed E-state index contributed by atoms with van der Waals surface area (Å²) < 4.78 is 0. The second-order valence-corrected chi connectivity index (χ2v) is 1.65. The van der Waals surface area contributed by atoms with Crippen molar-refractivity contribution in [2.75, 3.05) is 0 Å². The molecule has 28 heavy (non-hydrogen) atoms. The van der Waals surface area contributed by atoms with E-state index in [1.165, 1.54) is 0 Å². The van der Waals surface area contributed by atoms with Gasteiger partial charge in [0.25, 0.3) is 0 Å². The van der Waals surface area contributed by atoms with Gasteiger partial charge in [0.15, 0.2) is 0 Å². The summed E-state index contributed by atoms with van der Waals surface area (Å²) in [4.78, 5) is 0. The monoisotopic (exact) mass is 482 g/mol. The number of hydrogen-bond donors (Lipinski definition) is 11. The molecule has 0 aromatic heterocycles. The van der Waals surface area contributed by atoms with Crippen molar-refractivity contribution in [3.8, 4) is 0 Å². The van der Waals surface area contributed by atoms with E-state index in [1.807, 2.05) is 0 Å². The van der Waals surface area contributed by atoms with Gasteiger partial charge in [0.1, 0.15) is 0 Å². The molecule has 21 N–H and O–H groups in total. The second kappa shape index (κ2) is 78.0. The van der Waals surface area contributed by atoms with E-state index in [9.17, 15) is 0 Å². The minimum atomic E-state index is -2.92. The van der Waals surface area contributed by atoms with Crippen LogP contribution in [0.3, 0.4) is 0 Å². The van der Waals surface area contributed by atoms with E-state index in [4.69, 9.17) is 75.4 Å². The van der Waals surface area contributed by atoms with Gasteiger partial charge in [0.05, 0.1) is 0 Å². The zero-order chi connectivity index (χ0) is 17.9. The normalized spacial score (nSPS) is 4.82. The summed E-state index contributed by atoms with van der Waals surface area (Å²) in [5, 5.41) is 113. The Morgan fingerprint density at radius 3 is 0.393 bits per heavy atom. The van der Waals surface area contributed by atoms with Crippen molar-refractivity contribution in [3.05, 3.63) is 0 Å². The van der Waals surface area contributed by atoms with Crippen molar-refractivity contribution in [2.24, 2.45) is 0 Å². The molecule has 0 aliphatic carbocycles. The molecular weight excluding hydrogens is 460 g/mol. The molecule has 0 aromatic carbocycles. The zero-order valence-electron chi connectivity index (χ0n) is 14.6. The van der Waals surface area contributed by atoms with Crippen molar-refractivity contribution < 1.29 is 162 Å². The topological polar surface area (TPSA) is 472 Å². The van der Waals surface area contributed by atoms with Gasteiger partial charge in [-0.25, -0.2) is 0 Å². The van der Waals surface area contributed by atoms with Crippen LogP contribution in [0.2, 0.25) is 0 Å². The van der Waals surface area contributed by atoms with Gasteiger partial charge in [-0.1, -0.05) is 0 Å². The van der Waals surface area contributed by atoms with Crippen molar-refractivity contribution >= 4 is 74.3 Å². The molecule has 0 unspecified atom stereocenters. The standard InChI is InChI=1S/3BH3O3.BH2O3.BO3.Ca.2Na.5H2O/c5*2-1(3)4;;;;;;;;/h3*2-4H;2-3H;;;;;5*1H2/q;;;-1;-3;+2;2*+1;;;;;. The molecule has 160 valence electrons. The average molecular weight is 481 g/mol. The van der Waals surface area contributed by atoms with E-state index in [-0.39, 0.29) is 124 Å². The quantitative estimate of drug-likeness (QED) is 0.143. The van der Waals surface area contributed by atoms with Gasteiger partial charge >= 0.3 is 126 Å². The molecule has 0 heterocycles. The number of hydrogen-bond acceptors (Lipinski definition) is 15. The van der Waals surface area contributed by atoms with E-state index in [0.29, 0.717) is 0 Å². The second-order valence-electron chi connectivity index (χ2n) is 1.65. The summed E-state index contributed by atoms with van der Waals surface area (Å²) >= 11 is 0. The maximum Gasteiger partial charge on any atom is 2.00 e. The summed E-state index contributed by atoms with van der Waals surface area (Å²) in [5.74, 6) is 0. The first kappa shape index (κ1) is 86.3. The first-order chi connectivity index (χ1) is 8.66. The predicted molar refractivity (Wildman–Crippen MR) is 77.0 cm³/mol. The fraction of sp³-hybridized carbons (Fsp3) is 0. The smallest absolute Gasteiger partial charge is 0.907 e. The van der Waals surface area contributed by atoms with Crippen LogP contribution in [-0.4, -0.2) is 157 Å². The summed E-state index contributed by atoms with van der Waals surface area (Å²) in [6, 6.07) is 0. The molecule has 0 radical (unpaired) electrons.